The zero-order valence-electron chi connectivity index (χ0n) is 9.14. The normalized spacial score (nSPS) is 16.8. The van der Waals surface area contributed by atoms with Crippen molar-refractivity contribution in [2.24, 2.45) is 5.41 Å². The number of carbonyl (C=O) groups is 1. The highest BCUT2D eigenvalue weighted by molar-refractivity contribution is 5.85. The molecular formula is C10H13F3N2O. The molecule has 0 aromatic carbocycles. The molecule has 0 heterocycles. The van der Waals surface area contributed by atoms with Gasteiger partial charge in [0.15, 0.2) is 0 Å². The molecule has 1 amide bonds. The zero-order chi connectivity index (χ0) is 12.6. The van der Waals surface area contributed by atoms with E-state index in [1.54, 1.807) is 6.07 Å². The predicted octanol–water partition coefficient (Wildman–Crippen LogP) is 2.09. The number of nitriles is 1. The van der Waals surface area contributed by atoms with Crippen LogP contribution in [0.1, 0.15) is 26.7 Å². The van der Waals surface area contributed by atoms with Gasteiger partial charge in [0.2, 0.25) is 5.91 Å². The summed E-state index contributed by atoms with van der Waals surface area (Å²) >= 11 is 0. The van der Waals surface area contributed by atoms with Crippen LogP contribution in [0.3, 0.4) is 0 Å². The molecule has 90 valence electrons. The van der Waals surface area contributed by atoms with E-state index in [-0.39, 0.29) is 6.04 Å². The summed E-state index contributed by atoms with van der Waals surface area (Å²) in [6.07, 6.45) is -3.24. The van der Waals surface area contributed by atoms with Crippen LogP contribution in [0.2, 0.25) is 0 Å². The van der Waals surface area contributed by atoms with Gasteiger partial charge in [0.25, 0.3) is 0 Å². The van der Waals surface area contributed by atoms with E-state index in [2.05, 4.69) is 0 Å². The third-order valence-corrected chi connectivity index (χ3v) is 2.41. The number of carbonyl (C=O) groups excluding carboxylic acids is 1. The number of amides is 1. The Morgan fingerprint density at radius 1 is 1.44 bits per heavy atom. The van der Waals surface area contributed by atoms with Crippen molar-refractivity contribution in [3.05, 3.63) is 0 Å². The monoisotopic (exact) mass is 234 g/mol. The van der Waals surface area contributed by atoms with Gasteiger partial charge in [-0.1, -0.05) is 0 Å². The van der Waals surface area contributed by atoms with Gasteiger partial charge >= 0.3 is 6.18 Å². The SMILES string of the molecule is CC(C)(C#N)C(=O)N(CC(F)(F)F)C1CC1. The Kier molecular flexibility index (Phi) is 3.17. The number of nitrogens with zero attached hydrogens (tertiary/aromatic N) is 2. The molecular weight excluding hydrogens is 221 g/mol. The van der Waals surface area contributed by atoms with Crippen LogP contribution in [0.15, 0.2) is 0 Å². The van der Waals surface area contributed by atoms with E-state index >= 15 is 0 Å². The number of hydrogen-bond acceptors (Lipinski definition) is 2. The highest BCUT2D eigenvalue weighted by atomic mass is 19.4. The predicted molar refractivity (Wildman–Crippen MR) is 50.2 cm³/mol. The maximum Gasteiger partial charge on any atom is 0.406 e. The fourth-order valence-electron chi connectivity index (χ4n) is 1.35. The van der Waals surface area contributed by atoms with Crippen LogP contribution in [-0.2, 0) is 4.79 Å². The smallest absolute Gasteiger partial charge is 0.329 e. The van der Waals surface area contributed by atoms with Crippen LogP contribution >= 0.6 is 0 Å². The lowest BCUT2D eigenvalue weighted by atomic mass is 9.93. The molecule has 0 unspecified atom stereocenters. The highest BCUT2D eigenvalue weighted by Crippen LogP contribution is 2.33. The molecule has 1 aliphatic carbocycles. The Morgan fingerprint density at radius 3 is 2.25 bits per heavy atom. The van der Waals surface area contributed by atoms with Crippen molar-refractivity contribution in [1.29, 1.82) is 5.26 Å². The first-order valence-electron chi connectivity index (χ1n) is 4.96. The zero-order valence-corrected chi connectivity index (χ0v) is 9.14. The fraction of sp³-hybridized carbons (Fsp3) is 0.800. The second-order valence-electron chi connectivity index (χ2n) is 4.52. The highest BCUT2D eigenvalue weighted by Gasteiger charge is 2.44. The van der Waals surface area contributed by atoms with E-state index in [1.165, 1.54) is 13.8 Å². The first kappa shape index (κ1) is 12.8. The van der Waals surface area contributed by atoms with Gasteiger partial charge in [0, 0.05) is 6.04 Å². The van der Waals surface area contributed by atoms with E-state index in [0.29, 0.717) is 12.8 Å². The van der Waals surface area contributed by atoms with Crippen molar-refractivity contribution in [2.45, 2.75) is 38.9 Å². The Bertz CT molecular complexity index is 326. The van der Waals surface area contributed by atoms with Crippen LogP contribution in [0.5, 0.6) is 0 Å². The summed E-state index contributed by atoms with van der Waals surface area (Å²) in [5.41, 5.74) is -1.39. The fourth-order valence-corrected chi connectivity index (χ4v) is 1.35. The Balaban J connectivity index is 2.79. The molecule has 0 spiro atoms. The first-order valence-corrected chi connectivity index (χ1v) is 4.96. The third-order valence-electron chi connectivity index (χ3n) is 2.41. The molecule has 0 saturated heterocycles. The van der Waals surface area contributed by atoms with Crippen molar-refractivity contribution >= 4 is 5.91 Å². The number of halogens is 3. The topological polar surface area (TPSA) is 44.1 Å². The van der Waals surface area contributed by atoms with Crippen molar-refractivity contribution in [1.82, 2.24) is 4.90 Å². The number of rotatable bonds is 3. The summed E-state index contributed by atoms with van der Waals surface area (Å²) in [7, 11) is 0. The maximum absolute atomic E-state index is 12.3. The van der Waals surface area contributed by atoms with Crippen molar-refractivity contribution < 1.29 is 18.0 Å². The van der Waals surface area contributed by atoms with Crippen molar-refractivity contribution in [3.8, 4) is 6.07 Å². The molecule has 0 radical (unpaired) electrons. The Morgan fingerprint density at radius 2 is 1.94 bits per heavy atom. The Hall–Kier alpha value is -1.25. The van der Waals surface area contributed by atoms with Gasteiger partial charge in [0.05, 0.1) is 6.07 Å². The molecule has 0 bridgehead atoms. The molecule has 0 N–H and O–H groups in total. The summed E-state index contributed by atoms with van der Waals surface area (Å²) in [4.78, 5) is 12.5. The molecule has 6 heteroatoms. The molecule has 0 aliphatic heterocycles. The van der Waals surface area contributed by atoms with E-state index < -0.39 is 24.0 Å². The summed E-state index contributed by atoms with van der Waals surface area (Å²) in [5.74, 6) is -0.741. The van der Waals surface area contributed by atoms with Crippen LogP contribution in [0, 0.1) is 16.7 Å². The van der Waals surface area contributed by atoms with Gasteiger partial charge in [-0.2, -0.15) is 18.4 Å². The maximum atomic E-state index is 12.3. The Labute approximate surface area is 91.8 Å². The standard InChI is InChI=1S/C10H13F3N2O/c1-9(2,5-14)8(16)15(7-3-4-7)6-10(11,12)13/h7H,3-4,6H2,1-2H3. The summed E-state index contributed by atoms with van der Waals surface area (Å²) < 4.78 is 36.8. The lowest BCUT2D eigenvalue weighted by Crippen LogP contribution is -2.46. The largest absolute Gasteiger partial charge is 0.406 e. The average Bonchev–Trinajstić information content (AvgIpc) is 2.95. The summed E-state index contributed by atoms with van der Waals surface area (Å²) in [6, 6.07) is 1.39. The van der Waals surface area contributed by atoms with Crippen LogP contribution < -0.4 is 0 Å². The second-order valence-corrected chi connectivity index (χ2v) is 4.52. The van der Waals surface area contributed by atoms with Gasteiger partial charge in [-0.25, -0.2) is 0 Å². The van der Waals surface area contributed by atoms with E-state index in [0.717, 1.165) is 4.90 Å². The van der Waals surface area contributed by atoms with Crippen LogP contribution in [-0.4, -0.2) is 29.6 Å². The third kappa shape index (κ3) is 3.12. The molecule has 16 heavy (non-hydrogen) atoms. The van der Waals surface area contributed by atoms with Crippen LogP contribution in [0.25, 0.3) is 0 Å². The van der Waals surface area contributed by atoms with Crippen molar-refractivity contribution in [2.75, 3.05) is 6.54 Å². The van der Waals surface area contributed by atoms with Crippen molar-refractivity contribution in [3.63, 3.8) is 0 Å². The van der Waals surface area contributed by atoms with Gasteiger partial charge in [-0.3, -0.25) is 4.79 Å². The second kappa shape index (κ2) is 3.96. The lowest BCUT2D eigenvalue weighted by molar-refractivity contribution is -0.166. The molecule has 0 aromatic rings. The molecule has 1 saturated carbocycles. The van der Waals surface area contributed by atoms with Gasteiger partial charge < -0.3 is 4.90 Å². The molecule has 1 aliphatic rings. The van der Waals surface area contributed by atoms with Crippen LogP contribution in [0.4, 0.5) is 13.2 Å². The average molecular weight is 234 g/mol. The van der Waals surface area contributed by atoms with E-state index in [9.17, 15) is 18.0 Å². The number of hydrogen-bond donors (Lipinski definition) is 0. The minimum Gasteiger partial charge on any atom is -0.329 e. The molecule has 0 atom stereocenters. The van der Waals surface area contributed by atoms with Gasteiger partial charge in [0.1, 0.15) is 12.0 Å². The molecule has 0 aromatic heterocycles. The minimum atomic E-state index is -4.41. The molecule has 1 rings (SSSR count). The minimum absolute atomic E-state index is 0.346. The number of alkyl halides is 3. The first-order chi connectivity index (χ1) is 7.17. The molecule has 3 nitrogen and oxygen atoms in total. The molecule has 1 fully saturated rings. The van der Waals surface area contributed by atoms with Gasteiger partial charge in [-0.05, 0) is 26.7 Å². The summed E-state index contributed by atoms with van der Waals surface area (Å²) in [5, 5.41) is 8.74. The van der Waals surface area contributed by atoms with E-state index in [1.807, 2.05) is 0 Å². The van der Waals surface area contributed by atoms with Gasteiger partial charge in [-0.15, -0.1) is 0 Å². The lowest BCUT2D eigenvalue weighted by Gasteiger charge is -2.28. The quantitative estimate of drug-likeness (QED) is 0.750. The summed E-state index contributed by atoms with van der Waals surface area (Å²) in [6.45, 7) is 1.41. The van der Waals surface area contributed by atoms with E-state index in [4.69, 9.17) is 5.26 Å².